The Bertz CT molecular complexity index is 745. The van der Waals surface area contributed by atoms with Gasteiger partial charge in [-0.1, -0.05) is 6.58 Å². The molecule has 4 rings (SSSR count). The van der Waals surface area contributed by atoms with Gasteiger partial charge in [0.05, 0.1) is 12.0 Å². The lowest BCUT2D eigenvalue weighted by Gasteiger charge is -2.37. The molecule has 1 aromatic rings. The number of nitrogens with two attached hydrogens (primary N) is 2. The fourth-order valence-electron chi connectivity index (χ4n) is 4.22. The second kappa shape index (κ2) is 6.97. The highest BCUT2D eigenvalue weighted by Crippen LogP contribution is 2.44. The Morgan fingerprint density at radius 1 is 1.39 bits per heavy atom. The van der Waals surface area contributed by atoms with Gasteiger partial charge in [0, 0.05) is 18.5 Å². The average Bonchev–Trinajstić information content (AvgIpc) is 3.17. The maximum absolute atomic E-state index is 9.21. The Balaban J connectivity index is 1.46. The molecule has 1 aliphatic carbocycles. The average molecular weight is 395 g/mol. The van der Waals surface area contributed by atoms with Crippen molar-refractivity contribution in [2.75, 3.05) is 12.3 Å². The zero-order valence-corrected chi connectivity index (χ0v) is 16.1. The van der Waals surface area contributed by atoms with Crippen LogP contribution in [0.2, 0.25) is 0 Å². The van der Waals surface area contributed by atoms with Crippen LogP contribution < -0.4 is 16.8 Å². The van der Waals surface area contributed by atoms with Crippen molar-refractivity contribution in [2.45, 2.75) is 69.3 Å². The first-order valence-corrected chi connectivity index (χ1v) is 9.54. The van der Waals surface area contributed by atoms with Crippen molar-refractivity contribution in [1.82, 2.24) is 14.9 Å². The molecule has 1 saturated carbocycles. The normalized spacial score (nSPS) is 36.5. The van der Waals surface area contributed by atoms with Crippen molar-refractivity contribution < 1.29 is 24.4 Å². The first-order chi connectivity index (χ1) is 13.2. The lowest BCUT2D eigenvalue weighted by Crippen LogP contribution is -2.49. The number of fused-ring (bicyclic) bond motifs is 1. The van der Waals surface area contributed by atoms with Crippen molar-refractivity contribution >= 4 is 11.5 Å². The predicted octanol–water partition coefficient (Wildman–Crippen LogP) is -0.509. The van der Waals surface area contributed by atoms with Crippen molar-refractivity contribution in [2.24, 2.45) is 11.7 Å². The quantitative estimate of drug-likeness (QED) is 0.401. The lowest BCUT2D eigenvalue weighted by atomic mass is 9.80. The number of rotatable bonds is 6. The number of anilines is 1. The summed E-state index contributed by atoms with van der Waals surface area (Å²) in [5.74, 6) is -0.425. The largest absolute Gasteiger partial charge is 0.397 e. The van der Waals surface area contributed by atoms with Gasteiger partial charge in [0.1, 0.15) is 29.8 Å². The molecule has 156 valence electrons. The molecule has 3 aliphatic rings. The number of aliphatic hydroxyl groups excluding tert-OH is 1. The van der Waals surface area contributed by atoms with Gasteiger partial charge in [-0.2, -0.15) is 0 Å². The van der Waals surface area contributed by atoms with Crippen molar-refractivity contribution in [1.29, 1.82) is 0 Å². The van der Waals surface area contributed by atoms with Crippen LogP contribution in [-0.4, -0.2) is 62.7 Å². The van der Waals surface area contributed by atoms with Crippen molar-refractivity contribution in [3.63, 3.8) is 0 Å². The van der Waals surface area contributed by atoms with Gasteiger partial charge >= 0.3 is 0 Å². The molecular formula is C18H29N5O5. The minimum absolute atomic E-state index is 0.0685. The van der Waals surface area contributed by atoms with Gasteiger partial charge in [-0.25, -0.2) is 4.98 Å². The summed E-state index contributed by atoms with van der Waals surface area (Å²) < 4.78 is 20.1. The third kappa shape index (κ3) is 3.40. The molecule has 2 saturated heterocycles. The molecule has 28 heavy (non-hydrogen) atoms. The Kier molecular flexibility index (Phi) is 4.89. The topological polar surface area (TPSA) is 150 Å². The Hall–Kier alpha value is -1.69. The molecule has 10 nitrogen and oxygen atoms in total. The Morgan fingerprint density at radius 2 is 2.07 bits per heavy atom. The second-order valence-corrected chi connectivity index (χ2v) is 8.29. The number of imidazole rings is 1. The second-order valence-electron chi connectivity index (χ2n) is 8.29. The molecule has 0 spiro atoms. The van der Waals surface area contributed by atoms with E-state index >= 15 is 0 Å². The smallest absolute Gasteiger partial charge is 0.166 e. The molecule has 7 N–H and O–H groups in total. The first kappa shape index (κ1) is 19.6. The molecule has 0 radical (unpaired) electrons. The van der Waals surface area contributed by atoms with E-state index in [1.807, 2.05) is 13.8 Å². The predicted molar refractivity (Wildman–Crippen MR) is 100 cm³/mol. The summed E-state index contributed by atoms with van der Waals surface area (Å²) in [6.07, 6.45) is 0.423. The number of nitrogens with zero attached hydrogens (tertiary/aromatic N) is 2. The zero-order chi connectivity index (χ0) is 20.2. The van der Waals surface area contributed by atoms with Gasteiger partial charge in [-0.05, 0) is 26.7 Å². The minimum atomic E-state index is -1.25. The van der Waals surface area contributed by atoms with E-state index in [0.717, 1.165) is 12.8 Å². The number of hydrogen-bond donors (Lipinski definition) is 5. The van der Waals surface area contributed by atoms with Crippen LogP contribution in [0, 0.1) is 5.92 Å². The van der Waals surface area contributed by atoms with E-state index in [1.54, 1.807) is 10.9 Å². The van der Waals surface area contributed by atoms with E-state index < -0.39 is 18.3 Å². The van der Waals surface area contributed by atoms with Crippen LogP contribution in [0.5, 0.6) is 0 Å². The molecule has 3 heterocycles. The maximum Gasteiger partial charge on any atom is 0.166 e. The van der Waals surface area contributed by atoms with Crippen LogP contribution in [0.1, 0.15) is 38.6 Å². The minimum Gasteiger partial charge on any atom is -0.397 e. The standard InChI is InChI=1S/C18H29N5O5/c1-8(19)12-15(20)23(7-22-12)16-14-13(27-18(2,3)28-14)11(26-16)6-21-10-4-9(5-10)17(24)25/h7,9-11,13-14,16-17,21,24-25H,1,4-6,19-20H2,2-3H3/t9?,10?,11-,13-,14-,16-/m1/s1. The lowest BCUT2D eigenvalue weighted by molar-refractivity contribution is -0.196. The monoisotopic (exact) mass is 395 g/mol. The number of aromatic nitrogens is 2. The van der Waals surface area contributed by atoms with E-state index in [4.69, 9.17) is 25.7 Å². The summed E-state index contributed by atoms with van der Waals surface area (Å²) >= 11 is 0. The zero-order valence-electron chi connectivity index (χ0n) is 16.1. The van der Waals surface area contributed by atoms with Crippen LogP contribution >= 0.6 is 0 Å². The molecule has 0 aromatic carbocycles. The number of nitrogen functional groups attached to an aromatic ring is 1. The molecule has 4 atom stereocenters. The van der Waals surface area contributed by atoms with E-state index in [0.29, 0.717) is 23.8 Å². The number of nitrogens with one attached hydrogen (secondary N) is 1. The van der Waals surface area contributed by atoms with E-state index in [2.05, 4.69) is 16.9 Å². The summed E-state index contributed by atoms with van der Waals surface area (Å²) in [5.41, 5.74) is 12.7. The molecule has 3 fully saturated rings. The summed E-state index contributed by atoms with van der Waals surface area (Å²) in [7, 11) is 0. The van der Waals surface area contributed by atoms with Crippen LogP contribution in [0.3, 0.4) is 0 Å². The Morgan fingerprint density at radius 3 is 2.68 bits per heavy atom. The van der Waals surface area contributed by atoms with Crippen LogP contribution in [0.25, 0.3) is 5.70 Å². The highest BCUT2D eigenvalue weighted by molar-refractivity contribution is 5.66. The SMILES string of the molecule is C=C(N)c1ncn([C@@H]2O[C@H](CNC3CC(C(O)O)C3)[C@H]3OC(C)(C)O[C@H]32)c1N. The highest BCUT2D eigenvalue weighted by atomic mass is 16.8. The molecule has 0 bridgehead atoms. The van der Waals surface area contributed by atoms with E-state index in [-0.39, 0.29) is 30.3 Å². The van der Waals surface area contributed by atoms with Gasteiger partial charge in [0.2, 0.25) is 0 Å². The third-order valence-electron chi connectivity index (χ3n) is 5.74. The highest BCUT2D eigenvalue weighted by Gasteiger charge is 2.56. The number of hydrogen-bond acceptors (Lipinski definition) is 9. The number of ether oxygens (including phenoxy) is 3. The molecule has 2 aliphatic heterocycles. The van der Waals surface area contributed by atoms with Gasteiger partial charge < -0.3 is 41.2 Å². The maximum atomic E-state index is 9.21. The molecular weight excluding hydrogens is 366 g/mol. The van der Waals surface area contributed by atoms with Crippen LogP contribution in [-0.2, 0) is 14.2 Å². The summed E-state index contributed by atoms with van der Waals surface area (Å²) in [5, 5.41) is 21.8. The molecule has 0 amide bonds. The van der Waals surface area contributed by atoms with E-state index in [9.17, 15) is 10.2 Å². The summed E-state index contributed by atoms with van der Waals surface area (Å²) in [6.45, 7) is 7.99. The first-order valence-electron chi connectivity index (χ1n) is 9.54. The fraction of sp³-hybridized carbons (Fsp3) is 0.722. The van der Waals surface area contributed by atoms with Gasteiger partial charge in [0.15, 0.2) is 18.3 Å². The molecule has 1 aromatic heterocycles. The van der Waals surface area contributed by atoms with Gasteiger partial charge in [-0.3, -0.25) is 4.57 Å². The van der Waals surface area contributed by atoms with Crippen molar-refractivity contribution in [3.8, 4) is 0 Å². The molecule has 0 unspecified atom stereocenters. The fourth-order valence-corrected chi connectivity index (χ4v) is 4.22. The summed E-state index contributed by atoms with van der Waals surface area (Å²) in [6, 6.07) is 0.230. The van der Waals surface area contributed by atoms with Gasteiger partial charge in [-0.15, -0.1) is 0 Å². The number of aliphatic hydroxyl groups is 2. The van der Waals surface area contributed by atoms with Crippen LogP contribution in [0.4, 0.5) is 5.82 Å². The molecule has 10 heteroatoms. The summed E-state index contributed by atoms with van der Waals surface area (Å²) in [4.78, 5) is 4.23. The van der Waals surface area contributed by atoms with Crippen LogP contribution in [0.15, 0.2) is 12.9 Å². The van der Waals surface area contributed by atoms with Gasteiger partial charge in [0.25, 0.3) is 0 Å². The Labute approximate surface area is 163 Å². The van der Waals surface area contributed by atoms with E-state index in [1.165, 1.54) is 0 Å². The third-order valence-corrected chi connectivity index (χ3v) is 5.74. The van der Waals surface area contributed by atoms with Crippen molar-refractivity contribution in [3.05, 3.63) is 18.6 Å².